The Hall–Kier alpha value is -5.28. The van der Waals surface area contributed by atoms with E-state index in [9.17, 15) is 33.9 Å². The van der Waals surface area contributed by atoms with Gasteiger partial charge < -0.3 is 47.3 Å². The van der Waals surface area contributed by atoms with Crippen LogP contribution in [0.2, 0.25) is 0 Å². The summed E-state index contributed by atoms with van der Waals surface area (Å²) in [6, 6.07) is 10.6. The van der Waals surface area contributed by atoms with E-state index in [1.165, 1.54) is 11.8 Å². The fraction of sp³-hybridized carbons (Fsp3) is 0.444. The third-order valence-corrected chi connectivity index (χ3v) is 9.26. The molecular formula is C36H46N8O7. The summed E-state index contributed by atoms with van der Waals surface area (Å²) < 4.78 is 0. The van der Waals surface area contributed by atoms with E-state index in [2.05, 4.69) is 31.6 Å². The van der Waals surface area contributed by atoms with Gasteiger partial charge in [-0.05, 0) is 56.3 Å². The molecule has 6 atom stereocenters. The molecule has 6 amide bonds. The lowest BCUT2D eigenvalue weighted by atomic mass is 10.0. The van der Waals surface area contributed by atoms with E-state index in [1.54, 1.807) is 18.3 Å². The number of aliphatic hydroxyl groups is 1. The number of hydrogen-bond donors (Lipinski definition) is 8. The Morgan fingerprint density at radius 2 is 1.45 bits per heavy atom. The van der Waals surface area contributed by atoms with E-state index >= 15 is 0 Å². The second-order valence-electron chi connectivity index (χ2n) is 13.1. The molecule has 2 fully saturated rings. The van der Waals surface area contributed by atoms with Crippen molar-refractivity contribution in [2.24, 2.45) is 5.73 Å². The van der Waals surface area contributed by atoms with E-state index in [1.807, 2.05) is 42.5 Å². The average molecular weight is 703 g/mol. The van der Waals surface area contributed by atoms with Crippen LogP contribution < -0.4 is 32.3 Å². The minimum atomic E-state index is -1.45. The maximum Gasteiger partial charge on any atom is 0.245 e. The zero-order valence-corrected chi connectivity index (χ0v) is 28.5. The molecule has 15 nitrogen and oxygen atoms in total. The van der Waals surface area contributed by atoms with Gasteiger partial charge >= 0.3 is 0 Å². The van der Waals surface area contributed by atoms with Crippen LogP contribution in [0.4, 0.5) is 0 Å². The van der Waals surface area contributed by atoms with E-state index in [4.69, 9.17) is 5.73 Å². The number of H-pyrrole nitrogens is 1. The highest BCUT2D eigenvalue weighted by Gasteiger charge is 2.38. The van der Waals surface area contributed by atoms with Crippen LogP contribution in [-0.2, 0) is 41.6 Å². The molecule has 0 radical (unpaired) electrons. The van der Waals surface area contributed by atoms with Gasteiger partial charge in [0.25, 0.3) is 0 Å². The predicted octanol–water partition coefficient (Wildman–Crippen LogP) is -0.867. The van der Waals surface area contributed by atoms with Gasteiger partial charge in [0.05, 0.1) is 12.6 Å². The van der Waals surface area contributed by atoms with Crippen molar-refractivity contribution < 1.29 is 33.9 Å². The van der Waals surface area contributed by atoms with Crippen molar-refractivity contribution in [3.63, 3.8) is 0 Å². The van der Waals surface area contributed by atoms with Crippen molar-refractivity contribution in [2.75, 3.05) is 19.6 Å². The van der Waals surface area contributed by atoms with Gasteiger partial charge in [-0.2, -0.15) is 0 Å². The maximum absolute atomic E-state index is 14.1. The highest BCUT2D eigenvalue weighted by molar-refractivity contribution is 5.98. The van der Waals surface area contributed by atoms with Gasteiger partial charge in [0, 0.05) is 36.5 Å². The van der Waals surface area contributed by atoms with Crippen molar-refractivity contribution in [1.82, 2.24) is 36.5 Å². The van der Waals surface area contributed by atoms with Crippen molar-refractivity contribution in [3.05, 3.63) is 71.9 Å². The predicted molar refractivity (Wildman–Crippen MR) is 188 cm³/mol. The van der Waals surface area contributed by atoms with Crippen molar-refractivity contribution >= 4 is 46.3 Å². The Labute approximate surface area is 295 Å². The zero-order valence-electron chi connectivity index (χ0n) is 28.5. The largest absolute Gasteiger partial charge is 0.391 e. The molecule has 2 aromatic carbocycles. The van der Waals surface area contributed by atoms with Gasteiger partial charge in [0.2, 0.25) is 35.4 Å². The number of aromatic nitrogens is 1. The quantitative estimate of drug-likeness (QED) is 0.131. The lowest BCUT2D eigenvalue weighted by Gasteiger charge is -2.28. The van der Waals surface area contributed by atoms with Crippen molar-refractivity contribution in [2.45, 2.75) is 81.8 Å². The van der Waals surface area contributed by atoms with E-state index in [0.29, 0.717) is 19.4 Å². The first-order valence-electron chi connectivity index (χ1n) is 17.3. The number of hydrogen-bond acceptors (Lipinski definition) is 8. The highest BCUT2D eigenvalue weighted by Crippen LogP contribution is 2.20. The number of nitrogens with two attached hydrogens (primary N) is 1. The fourth-order valence-corrected chi connectivity index (χ4v) is 6.46. The first-order chi connectivity index (χ1) is 24.5. The molecule has 2 bridgehead atoms. The second kappa shape index (κ2) is 17.1. The molecule has 0 aliphatic carbocycles. The third kappa shape index (κ3) is 9.49. The Bertz CT molecular complexity index is 1730. The van der Waals surface area contributed by atoms with E-state index < -0.39 is 71.8 Å². The summed E-state index contributed by atoms with van der Waals surface area (Å²) in [5, 5.41) is 24.8. The molecule has 3 aromatic rings. The summed E-state index contributed by atoms with van der Waals surface area (Å²) in [6.07, 6.45) is 1.88. The Morgan fingerprint density at radius 3 is 2.18 bits per heavy atom. The highest BCUT2D eigenvalue weighted by atomic mass is 16.3. The molecule has 51 heavy (non-hydrogen) atoms. The SMILES string of the molecule is C[C@@H](O)[C@@H]1NC(=O)[C@H](CCCCN)NC(=O)[C@@H](Cc2c[nH]c3ccccc23)NC(=O)[C@H](Cc2ccccc2)NC(=O)CN2CC[C@@H](NC1=O)C2=O. The molecule has 0 spiro atoms. The van der Waals surface area contributed by atoms with Gasteiger partial charge in [-0.25, -0.2) is 0 Å². The number of amides is 6. The van der Waals surface area contributed by atoms with Crippen LogP contribution in [0.15, 0.2) is 60.8 Å². The fourth-order valence-electron chi connectivity index (χ4n) is 6.46. The summed E-state index contributed by atoms with van der Waals surface area (Å²) in [5.41, 5.74) is 8.01. The normalized spacial score (nSPS) is 24.5. The summed E-state index contributed by atoms with van der Waals surface area (Å²) in [4.78, 5) is 86.3. The number of para-hydroxylation sites is 1. The molecule has 3 heterocycles. The number of nitrogens with zero attached hydrogens (tertiary/aromatic N) is 1. The minimum Gasteiger partial charge on any atom is -0.391 e. The number of aromatic amines is 1. The average Bonchev–Trinajstić information content (AvgIpc) is 3.67. The topological polar surface area (TPSA) is 228 Å². The van der Waals surface area contributed by atoms with Crippen molar-refractivity contribution in [3.8, 4) is 0 Å². The number of aliphatic hydroxyl groups excluding tert-OH is 1. The number of nitrogens with one attached hydrogen (secondary N) is 6. The first-order valence-corrected chi connectivity index (χ1v) is 17.3. The van der Waals surface area contributed by atoms with Crippen LogP contribution >= 0.6 is 0 Å². The van der Waals surface area contributed by atoms with Crippen LogP contribution in [0.3, 0.4) is 0 Å². The molecule has 9 N–H and O–H groups in total. The Kier molecular flexibility index (Phi) is 12.4. The third-order valence-electron chi connectivity index (χ3n) is 9.26. The van der Waals surface area contributed by atoms with E-state index in [-0.39, 0.29) is 38.8 Å². The second-order valence-corrected chi connectivity index (χ2v) is 13.1. The Morgan fingerprint density at radius 1 is 0.784 bits per heavy atom. The van der Waals surface area contributed by atoms with Gasteiger partial charge in [0.1, 0.15) is 30.2 Å². The van der Waals surface area contributed by atoms with Crippen LogP contribution in [-0.4, -0.2) is 106 Å². The molecule has 15 heteroatoms. The monoisotopic (exact) mass is 702 g/mol. The molecule has 2 saturated heterocycles. The lowest BCUT2D eigenvalue weighted by Crippen LogP contribution is -2.61. The summed E-state index contributed by atoms with van der Waals surface area (Å²) in [6.45, 7) is 1.46. The van der Waals surface area contributed by atoms with Crippen LogP contribution in [0.1, 0.15) is 43.7 Å². The summed E-state index contributed by atoms with van der Waals surface area (Å²) in [7, 11) is 0. The molecule has 5 rings (SSSR count). The minimum absolute atomic E-state index is 0.0348. The van der Waals surface area contributed by atoms with Gasteiger partial charge in [-0.15, -0.1) is 0 Å². The van der Waals surface area contributed by atoms with Crippen LogP contribution in [0, 0.1) is 0 Å². The summed E-state index contributed by atoms with van der Waals surface area (Å²) >= 11 is 0. The molecule has 2 aliphatic heterocycles. The van der Waals surface area contributed by atoms with Crippen molar-refractivity contribution in [1.29, 1.82) is 0 Å². The molecule has 272 valence electrons. The standard InChI is InChI=1S/C36H46N8O7/c1-21(45)31-35(50)41-27-14-16-44(36(27)51)20-30(46)39-28(17-22-9-3-2-4-10-22)33(48)42-29(18-23-19-38-25-12-6-5-11-24(23)25)34(49)40-26(32(47)43-31)13-7-8-15-37/h2-6,9-12,19,21,26-29,31,38,45H,7-8,13-18,20,37H2,1H3,(H,39,46)(H,40,49)(H,41,50)(H,42,48)(H,43,47)/t21-,26+,27-,28+,29-,31+/m1/s1. The molecule has 2 aliphatic rings. The molecule has 0 unspecified atom stereocenters. The Balaban J connectivity index is 1.51. The number of carbonyl (C=O) groups is 6. The number of fused-ring (bicyclic) bond motifs is 3. The van der Waals surface area contributed by atoms with Gasteiger partial charge in [0.15, 0.2) is 0 Å². The lowest BCUT2D eigenvalue weighted by molar-refractivity contribution is -0.139. The van der Waals surface area contributed by atoms with Gasteiger partial charge in [-0.1, -0.05) is 48.5 Å². The number of benzene rings is 2. The maximum atomic E-state index is 14.1. The number of unbranched alkanes of at least 4 members (excludes halogenated alkanes) is 1. The molecule has 0 saturated carbocycles. The van der Waals surface area contributed by atoms with Crippen LogP contribution in [0.5, 0.6) is 0 Å². The smallest absolute Gasteiger partial charge is 0.245 e. The van der Waals surface area contributed by atoms with Crippen LogP contribution in [0.25, 0.3) is 10.9 Å². The van der Waals surface area contributed by atoms with Gasteiger partial charge in [-0.3, -0.25) is 28.8 Å². The zero-order chi connectivity index (χ0) is 36.5. The summed E-state index contributed by atoms with van der Waals surface area (Å²) in [5.74, 6) is -3.93. The molecular weight excluding hydrogens is 656 g/mol. The van der Waals surface area contributed by atoms with E-state index in [0.717, 1.165) is 22.0 Å². The number of rotatable bonds is 9. The number of carbonyl (C=O) groups excluding carboxylic acids is 6. The molecule has 1 aromatic heterocycles. The first kappa shape index (κ1) is 37.0.